The van der Waals surface area contributed by atoms with E-state index in [9.17, 15) is 0 Å². The molecule has 1 fully saturated rings. The second-order valence-corrected chi connectivity index (χ2v) is 5.32. The van der Waals surface area contributed by atoms with E-state index in [4.69, 9.17) is 11.6 Å². The van der Waals surface area contributed by atoms with Gasteiger partial charge in [0.1, 0.15) is 0 Å². The number of hydrogen-bond acceptors (Lipinski definition) is 2. The first-order valence-corrected chi connectivity index (χ1v) is 6.81. The lowest BCUT2D eigenvalue weighted by molar-refractivity contribution is 0.313. The van der Waals surface area contributed by atoms with Crippen molar-refractivity contribution in [1.29, 1.82) is 0 Å². The van der Waals surface area contributed by atoms with Crippen LogP contribution in [-0.2, 0) is 5.88 Å². The molecule has 88 valence electrons. The third-order valence-corrected chi connectivity index (χ3v) is 4.08. The molecule has 1 aromatic carbocycles. The van der Waals surface area contributed by atoms with Crippen LogP contribution < -0.4 is 4.90 Å². The maximum atomic E-state index is 5.84. The van der Waals surface area contributed by atoms with Crippen molar-refractivity contribution in [1.82, 2.24) is 4.90 Å². The fourth-order valence-corrected chi connectivity index (χ4v) is 2.81. The smallest absolute Gasteiger partial charge is 0.0485 e. The molecule has 2 nitrogen and oxygen atoms in total. The van der Waals surface area contributed by atoms with Gasteiger partial charge in [-0.1, -0.05) is 22.0 Å². The Balaban J connectivity index is 2.12. The van der Waals surface area contributed by atoms with Crippen LogP contribution in [0.4, 0.5) is 5.69 Å². The fraction of sp³-hybridized carbons (Fsp3) is 0.500. The Morgan fingerprint density at radius 2 is 1.94 bits per heavy atom. The summed E-state index contributed by atoms with van der Waals surface area (Å²) in [5, 5.41) is 0. The van der Waals surface area contributed by atoms with Crippen LogP contribution in [0.15, 0.2) is 22.7 Å². The summed E-state index contributed by atoms with van der Waals surface area (Å²) in [5.41, 5.74) is 2.44. The van der Waals surface area contributed by atoms with E-state index in [-0.39, 0.29) is 0 Å². The maximum Gasteiger partial charge on any atom is 0.0485 e. The van der Waals surface area contributed by atoms with Crippen molar-refractivity contribution in [2.45, 2.75) is 5.88 Å². The Kier molecular flexibility index (Phi) is 4.11. The van der Waals surface area contributed by atoms with Gasteiger partial charge in [0.15, 0.2) is 0 Å². The zero-order chi connectivity index (χ0) is 11.5. The average molecular weight is 304 g/mol. The van der Waals surface area contributed by atoms with Crippen molar-refractivity contribution in [2.24, 2.45) is 0 Å². The molecule has 0 spiro atoms. The van der Waals surface area contributed by atoms with Gasteiger partial charge >= 0.3 is 0 Å². The van der Waals surface area contributed by atoms with Crippen molar-refractivity contribution in [3.8, 4) is 0 Å². The van der Waals surface area contributed by atoms with Crippen molar-refractivity contribution in [2.75, 3.05) is 38.1 Å². The first-order valence-electron chi connectivity index (χ1n) is 5.48. The zero-order valence-electron chi connectivity index (χ0n) is 9.42. The number of likely N-dealkylation sites (N-methyl/N-ethyl adjacent to an activating group) is 1. The van der Waals surface area contributed by atoms with Crippen molar-refractivity contribution >= 4 is 33.2 Å². The van der Waals surface area contributed by atoms with Gasteiger partial charge in [-0.15, -0.1) is 11.6 Å². The van der Waals surface area contributed by atoms with E-state index >= 15 is 0 Å². The van der Waals surface area contributed by atoms with Crippen LogP contribution in [0.2, 0.25) is 0 Å². The number of rotatable bonds is 2. The molecule has 0 atom stereocenters. The first-order chi connectivity index (χ1) is 7.70. The summed E-state index contributed by atoms with van der Waals surface area (Å²) < 4.78 is 1.11. The maximum absolute atomic E-state index is 5.84. The highest BCUT2D eigenvalue weighted by atomic mass is 79.9. The van der Waals surface area contributed by atoms with Crippen molar-refractivity contribution in [3.05, 3.63) is 28.2 Å². The van der Waals surface area contributed by atoms with Gasteiger partial charge in [0.2, 0.25) is 0 Å². The average Bonchev–Trinajstić information content (AvgIpc) is 2.30. The molecule has 1 aliphatic rings. The normalized spacial score (nSPS) is 17.8. The summed E-state index contributed by atoms with van der Waals surface area (Å²) >= 11 is 9.40. The quantitative estimate of drug-likeness (QED) is 0.775. The highest BCUT2D eigenvalue weighted by Gasteiger charge is 2.14. The number of hydrogen-bond donors (Lipinski definition) is 0. The summed E-state index contributed by atoms with van der Waals surface area (Å²) in [6.45, 7) is 4.47. The van der Waals surface area contributed by atoms with Gasteiger partial charge in [-0.05, 0) is 24.7 Å². The molecule has 0 N–H and O–H groups in total. The SMILES string of the molecule is CN1CCN(c2ccc(CCl)c(Br)c2)CC1. The van der Waals surface area contributed by atoms with E-state index in [1.54, 1.807) is 0 Å². The molecule has 0 unspecified atom stereocenters. The van der Waals surface area contributed by atoms with Crippen LogP contribution in [0.1, 0.15) is 5.56 Å². The van der Waals surface area contributed by atoms with Gasteiger partial charge in [0, 0.05) is 42.2 Å². The van der Waals surface area contributed by atoms with Crippen molar-refractivity contribution < 1.29 is 0 Å². The molecular formula is C12H16BrClN2. The van der Waals surface area contributed by atoms with Crippen LogP contribution in [-0.4, -0.2) is 38.1 Å². The number of halogens is 2. The van der Waals surface area contributed by atoms with E-state index in [1.165, 1.54) is 5.69 Å². The van der Waals surface area contributed by atoms with Crippen LogP contribution in [0.25, 0.3) is 0 Å². The van der Waals surface area contributed by atoms with Gasteiger partial charge in [-0.3, -0.25) is 0 Å². The summed E-state index contributed by atoms with van der Waals surface area (Å²) in [4.78, 5) is 4.78. The lowest BCUT2D eigenvalue weighted by Crippen LogP contribution is -2.44. The minimum Gasteiger partial charge on any atom is -0.369 e. The van der Waals surface area contributed by atoms with E-state index in [1.807, 2.05) is 0 Å². The molecule has 0 radical (unpaired) electrons. The summed E-state index contributed by atoms with van der Waals surface area (Å²) in [7, 11) is 2.17. The first kappa shape index (κ1) is 12.2. The van der Waals surface area contributed by atoms with E-state index in [2.05, 4.69) is 51.0 Å². The molecule has 2 rings (SSSR count). The molecule has 4 heteroatoms. The predicted molar refractivity (Wildman–Crippen MR) is 73.4 cm³/mol. The van der Waals surface area contributed by atoms with Gasteiger partial charge < -0.3 is 9.80 Å². The Morgan fingerprint density at radius 1 is 1.25 bits per heavy atom. The monoisotopic (exact) mass is 302 g/mol. The van der Waals surface area contributed by atoms with Crippen molar-refractivity contribution in [3.63, 3.8) is 0 Å². The zero-order valence-corrected chi connectivity index (χ0v) is 11.8. The van der Waals surface area contributed by atoms with Gasteiger partial charge in [0.05, 0.1) is 0 Å². The van der Waals surface area contributed by atoms with Crippen LogP contribution >= 0.6 is 27.5 Å². The molecule has 0 bridgehead atoms. The second-order valence-electron chi connectivity index (χ2n) is 4.20. The van der Waals surface area contributed by atoms with Gasteiger partial charge in [-0.25, -0.2) is 0 Å². The Bertz CT molecular complexity index is 362. The van der Waals surface area contributed by atoms with E-state index in [0.717, 1.165) is 36.2 Å². The number of nitrogens with zero attached hydrogens (tertiary/aromatic N) is 2. The second kappa shape index (κ2) is 5.39. The fourth-order valence-electron chi connectivity index (χ4n) is 1.91. The number of piperazine rings is 1. The molecular weight excluding hydrogens is 288 g/mol. The Labute approximate surface area is 110 Å². The lowest BCUT2D eigenvalue weighted by atomic mass is 10.2. The summed E-state index contributed by atoms with van der Waals surface area (Å²) in [6, 6.07) is 6.43. The molecule has 1 heterocycles. The van der Waals surface area contributed by atoms with Gasteiger partial charge in [-0.2, -0.15) is 0 Å². The van der Waals surface area contributed by atoms with Gasteiger partial charge in [0.25, 0.3) is 0 Å². The standard InChI is InChI=1S/C12H16BrClN2/c1-15-4-6-16(7-5-15)11-3-2-10(9-14)12(13)8-11/h2-3,8H,4-7,9H2,1H3. The predicted octanol–water partition coefficient (Wildman–Crippen LogP) is 2.94. The minimum absolute atomic E-state index is 0.559. The van der Waals surface area contributed by atoms with Crippen LogP contribution in [0.5, 0.6) is 0 Å². The number of anilines is 1. The molecule has 1 aliphatic heterocycles. The molecule has 0 saturated carbocycles. The Hall–Kier alpha value is -0.250. The molecule has 0 aromatic heterocycles. The largest absolute Gasteiger partial charge is 0.369 e. The Morgan fingerprint density at radius 3 is 2.50 bits per heavy atom. The minimum atomic E-state index is 0.559. The molecule has 1 aromatic rings. The summed E-state index contributed by atoms with van der Waals surface area (Å²) in [6.07, 6.45) is 0. The lowest BCUT2D eigenvalue weighted by Gasteiger charge is -2.34. The van der Waals surface area contributed by atoms with Crippen LogP contribution in [0, 0.1) is 0 Å². The van der Waals surface area contributed by atoms with E-state index in [0.29, 0.717) is 5.88 Å². The molecule has 1 saturated heterocycles. The highest BCUT2D eigenvalue weighted by molar-refractivity contribution is 9.10. The topological polar surface area (TPSA) is 6.48 Å². The molecule has 0 amide bonds. The number of benzene rings is 1. The highest BCUT2D eigenvalue weighted by Crippen LogP contribution is 2.25. The summed E-state index contributed by atoms with van der Waals surface area (Å²) in [5.74, 6) is 0.559. The molecule has 0 aliphatic carbocycles. The number of alkyl halides is 1. The van der Waals surface area contributed by atoms with E-state index < -0.39 is 0 Å². The third-order valence-electron chi connectivity index (χ3n) is 3.05. The van der Waals surface area contributed by atoms with Crippen LogP contribution in [0.3, 0.4) is 0 Å². The molecule has 16 heavy (non-hydrogen) atoms. The third kappa shape index (κ3) is 2.70.